The molecule has 16 heavy (non-hydrogen) atoms. The molecule has 0 aromatic carbocycles. The number of carbonyl (C=O) groups excluding carboxylic acids is 2. The zero-order valence-electron chi connectivity index (χ0n) is 9.30. The van der Waals surface area contributed by atoms with Crippen LogP contribution in [0.15, 0.2) is 12.2 Å². The molecule has 0 saturated heterocycles. The number of carbonyl (C=O) groups is 3. The van der Waals surface area contributed by atoms with E-state index in [0.29, 0.717) is 6.61 Å². The van der Waals surface area contributed by atoms with Crippen molar-refractivity contribution in [2.75, 3.05) is 20.2 Å². The highest BCUT2D eigenvalue weighted by molar-refractivity contribution is 5.93. The van der Waals surface area contributed by atoms with E-state index in [1.807, 2.05) is 0 Å². The summed E-state index contributed by atoms with van der Waals surface area (Å²) >= 11 is 0. The predicted octanol–water partition coefficient (Wildman–Crippen LogP) is 0.0388. The molecule has 0 unspecified atom stereocenters. The number of rotatable bonds is 6. The Balaban J connectivity index is 3.97. The van der Waals surface area contributed by atoms with Crippen LogP contribution >= 0.6 is 0 Å². The van der Waals surface area contributed by atoms with Gasteiger partial charge in [-0.1, -0.05) is 0 Å². The Labute approximate surface area is 93.5 Å². The summed E-state index contributed by atoms with van der Waals surface area (Å²) in [5.74, 6) is -2.04. The number of hydrogen-bond donors (Lipinski definition) is 1. The van der Waals surface area contributed by atoms with E-state index in [0.717, 1.165) is 12.2 Å². The molecule has 0 radical (unpaired) electrons. The van der Waals surface area contributed by atoms with Crippen molar-refractivity contribution < 1.29 is 24.2 Å². The van der Waals surface area contributed by atoms with E-state index in [4.69, 9.17) is 5.11 Å². The lowest BCUT2D eigenvalue weighted by Crippen LogP contribution is -2.28. The second kappa shape index (κ2) is 7.44. The average Bonchev–Trinajstić information content (AvgIpc) is 2.22. The molecule has 0 rings (SSSR count). The number of carboxylic acid groups (broad SMARTS) is 1. The molecule has 0 aromatic rings. The first-order valence-electron chi connectivity index (χ1n) is 4.79. The van der Waals surface area contributed by atoms with Gasteiger partial charge in [0.05, 0.1) is 13.0 Å². The minimum atomic E-state index is -1.19. The predicted molar refractivity (Wildman–Crippen MR) is 55.7 cm³/mol. The van der Waals surface area contributed by atoms with Gasteiger partial charge >= 0.3 is 11.9 Å². The van der Waals surface area contributed by atoms with Gasteiger partial charge in [-0.15, -0.1) is 0 Å². The molecule has 1 N–H and O–H groups in total. The molecule has 90 valence electrons. The lowest BCUT2D eigenvalue weighted by Gasteiger charge is -2.13. The van der Waals surface area contributed by atoms with E-state index in [1.54, 1.807) is 6.92 Å². The molecule has 1 amide bonds. The summed E-state index contributed by atoms with van der Waals surface area (Å²) in [7, 11) is 1.48. The number of nitrogens with zero attached hydrogens (tertiary/aromatic N) is 1. The number of esters is 1. The zero-order valence-corrected chi connectivity index (χ0v) is 9.30. The largest absolute Gasteiger partial charge is 0.478 e. The number of ether oxygens (including phenoxy) is 1. The van der Waals surface area contributed by atoms with Crippen molar-refractivity contribution in [1.82, 2.24) is 4.90 Å². The van der Waals surface area contributed by atoms with E-state index in [2.05, 4.69) is 4.74 Å². The smallest absolute Gasteiger partial charge is 0.328 e. The molecular weight excluding hydrogens is 214 g/mol. The lowest BCUT2D eigenvalue weighted by molar-refractivity contribution is -0.143. The van der Waals surface area contributed by atoms with Crippen molar-refractivity contribution >= 4 is 17.8 Å². The second-order valence-corrected chi connectivity index (χ2v) is 2.99. The number of hydrogen-bond acceptors (Lipinski definition) is 4. The number of carboxylic acids is 1. The first kappa shape index (κ1) is 14.2. The van der Waals surface area contributed by atoms with Gasteiger partial charge in [0, 0.05) is 25.7 Å². The standard InChI is InChI=1S/C10H15NO5/c1-3-16-10(15)6-7-11(2)8(12)4-5-9(13)14/h4-5H,3,6-7H2,1-2H3,(H,13,14). The van der Waals surface area contributed by atoms with Gasteiger partial charge in [-0.05, 0) is 6.92 Å². The molecule has 0 atom stereocenters. The molecule has 0 heterocycles. The maximum atomic E-state index is 11.2. The Kier molecular flexibility index (Phi) is 6.58. The maximum Gasteiger partial charge on any atom is 0.328 e. The molecule has 6 heteroatoms. The minimum Gasteiger partial charge on any atom is -0.478 e. The van der Waals surface area contributed by atoms with Gasteiger partial charge in [0.1, 0.15) is 0 Å². The van der Waals surface area contributed by atoms with Crippen molar-refractivity contribution in [3.05, 3.63) is 12.2 Å². The molecule has 0 fully saturated rings. The van der Waals surface area contributed by atoms with Crippen LogP contribution in [0.5, 0.6) is 0 Å². The summed E-state index contributed by atoms with van der Waals surface area (Å²) < 4.78 is 4.68. The third-order valence-electron chi connectivity index (χ3n) is 1.70. The van der Waals surface area contributed by atoms with Crippen LogP contribution in [0, 0.1) is 0 Å². The van der Waals surface area contributed by atoms with Crippen molar-refractivity contribution in [1.29, 1.82) is 0 Å². The molecule has 0 saturated carbocycles. The summed E-state index contributed by atoms with van der Waals surface area (Å²) in [6.45, 7) is 2.19. The number of aliphatic carboxylic acids is 1. The molecule has 6 nitrogen and oxygen atoms in total. The van der Waals surface area contributed by atoms with Gasteiger partial charge in [0.15, 0.2) is 0 Å². The normalized spacial score (nSPS) is 10.1. The monoisotopic (exact) mass is 229 g/mol. The van der Waals surface area contributed by atoms with Crippen molar-refractivity contribution in [3.63, 3.8) is 0 Å². The Hall–Kier alpha value is -1.85. The Bertz CT molecular complexity index is 298. The second-order valence-electron chi connectivity index (χ2n) is 2.99. The van der Waals surface area contributed by atoms with Crippen LogP contribution in [0.4, 0.5) is 0 Å². The molecule has 0 spiro atoms. The fourth-order valence-corrected chi connectivity index (χ4v) is 0.872. The molecule has 0 aliphatic rings. The fraction of sp³-hybridized carbons (Fsp3) is 0.500. The average molecular weight is 229 g/mol. The van der Waals surface area contributed by atoms with Crippen LogP contribution in [0.2, 0.25) is 0 Å². The minimum absolute atomic E-state index is 0.0942. The quantitative estimate of drug-likeness (QED) is 0.513. The van der Waals surface area contributed by atoms with Gasteiger partial charge in [-0.2, -0.15) is 0 Å². The van der Waals surface area contributed by atoms with E-state index in [9.17, 15) is 14.4 Å². The number of likely N-dealkylation sites (N-methyl/N-ethyl adjacent to an activating group) is 1. The first-order valence-corrected chi connectivity index (χ1v) is 4.79. The molecule has 0 aliphatic carbocycles. The third kappa shape index (κ3) is 6.58. The van der Waals surface area contributed by atoms with Crippen molar-refractivity contribution in [2.24, 2.45) is 0 Å². The maximum absolute atomic E-state index is 11.2. The Morgan fingerprint density at radius 3 is 2.44 bits per heavy atom. The van der Waals surface area contributed by atoms with E-state index >= 15 is 0 Å². The van der Waals surface area contributed by atoms with Crippen LogP contribution in [0.25, 0.3) is 0 Å². The van der Waals surface area contributed by atoms with Crippen LogP contribution < -0.4 is 0 Å². The first-order chi connectivity index (χ1) is 7.47. The third-order valence-corrected chi connectivity index (χ3v) is 1.70. The summed E-state index contributed by atoms with van der Waals surface area (Å²) in [5, 5.41) is 8.30. The topological polar surface area (TPSA) is 83.9 Å². The van der Waals surface area contributed by atoms with Gasteiger partial charge in [-0.3, -0.25) is 9.59 Å². The highest BCUT2D eigenvalue weighted by atomic mass is 16.5. The van der Waals surface area contributed by atoms with Gasteiger partial charge in [0.2, 0.25) is 5.91 Å². The van der Waals surface area contributed by atoms with Crippen LogP contribution in [-0.2, 0) is 19.1 Å². The molecular formula is C10H15NO5. The Morgan fingerprint density at radius 1 is 1.31 bits per heavy atom. The summed E-state index contributed by atoms with van der Waals surface area (Å²) in [4.78, 5) is 33.6. The highest BCUT2D eigenvalue weighted by Crippen LogP contribution is 1.93. The summed E-state index contributed by atoms with van der Waals surface area (Å²) in [5.41, 5.74) is 0. The van der Waals surface area contributed by atoms with E-state index in [1.165, 1.54) is 11.9 Å². The lowest BCUT2D eigenvalue weighted by atomic mass is 10.3. The molecule has 0 aromatic heterocycles. The SMILES string of the molecule is CCOC(=O)CCN(C)C(=O)C=CC(=O)O. The number of amides is 1. The van der Waals surface area contributed by atoms with Crippen LogP contribution in [-0.4, -0.2) is 48.1 Å². The van der Waals surface area contributed by atoms with E-state index < -0.39 is 11.9 Å². The summed E-state index contributed by atoms with van der Waals surface area (Å²) in [6.07, 6.45) is 1.79. The Morgan fingerprint density at radius 2 is 1.94 bits per heavy atom. The zero-order chi connectivity index (χ0) is 12.6. The van der Waals surface area contributed by atoms with Crippen LogP contribution in [0.1, 0.15) is 13.3 Å². The molecule has 0 aliphatic heterocycles. The molecule has 0 bridgehead atoms. The van der Waals surface area contributed by atoms with Crippen molar-refractivity contribution in [2.45, 2.75) is 13.3 Å². The fourth-order valence-electron chi connectivity index (χ4n) is 0.872. The van der Waals surface area contributed by atoms with E-state index in [-0.39, 0.29) is 18.9 Å². The van der Waals surface area contributed by atoms with Crippen molar-refractivity contribution in [3.8, 4) is 0 Å². The van der Waals surface area contributed by atoms with Crippen LogP contribution in [0.3, 0.4) is 0 Å². The van der Waals surface area contributed by atoms with Gasteiger partial charge in [-0.25, -0.2) is 4.79 Å². The van der Waals surface area contributed by atoms with Gasteiger partial charge in [0.25, 0.3) is 0 Å². The van der Waals surface area contributed by atoms with Gasteiger partial charge < -0.3 is 14.7 Å². The highest BCUT2D eigenvalue weighted by Gasteiger charge is 2.08. The summed E-state index contributed by atoms with van der Waals surface area (Å²) in [6, 6.07) is 0.